The van der Waals surface area contributed by atoms with Gasteiger partial charge in [-0.1, -0.05) is 10.3 Å². The van der Waals surface area contributed by atoms with Crippen molar-refractivity contribution in [1.29, 1.82) is 0 Å². The molecule has 1 atom stereocenters. The van der Waals surface area contributed by atoms with Gasteiger partial charge in [0.1, 0.15) is 0 Å². The lowest BCUT2D eigenvalue weighted by molar-refractivity contribution is 0.208. The molecule has 1 saturated heterocycles. The smallest absolute Gasteiger partial charge is 0.229 e. The van der Waals surface area contributed by atoms with Gasteiger partial charge in [0.25, 0.3) is 0 Å². The van der Waals surface area contributed by atoms with E-state index in [-0.39, 0.29) is 0 Å². The number of hydrogen-bond donors (Lipinski definition) is 0. The number of aryl methyl sites for hydroxylation is 1. The number of likely N-dealkylation sites (tertiary alicyclic amines) is 1. The number of aromatic nitrogens is 3. The SMILES string of the molecule is Cc1cc(CN2CCC(N(C)Cc3noc(C4CC4)n3)C2)on1. The highest BCUT2D eigenvalue weighted by molar-refractivity contribution is 5.04. The molecular formula is C16H23N5O2. The molecular weight excluding hydrogens is 294 g/mol. The average Bonchev–Trinajstić information content (AvgIpc) is 2.93. The molecule has 0 bridgehead atoms. The Morgan fingerprint density at radius 2 is 2.13 bits per heavy atom. The second-order valence-electron chi connectivity index (χ2n) is 6.85. The summed E-state index contributed by atoms with van der Waals surface area (Å²) in [5.74, 6) is 3.09. The molecule has 2 fully saturated rings. The highest BCUT2D eigenvalue weighted by Crippen LogP contribution is 2.38. The van der Waals surface area contributed by atoms with Crippen LogP contribution in [0.25, 0.3) is 0 Å². The zero-order valence-electron chi connectivity index (χ0n) is 13.7. The maximum Gasteiger partial charge on any atom is 0.229 e. The monoisotopic (exact) mass is 317 g/mol. The van der Waals surface area contributed by atoms with E-state index in [9.17, 15) is 0 Å². The lowest BCUT2D eigenvalue weighted by Crippen LogP contribution is -2.34. The molecule has 23 heavy (non-hydrogen) atoms. The van der Waals surface area contributed by atoms with Gasteiger partial charge < -0.3 is 9.05 Å². The molecule has 0 aromatic carbocycles. The normalized spacial score (nSPS) is 22.3. The lowest BCUT2D eigenvalue weighted by Gasteiger charge is -2.23. The molecule has 2 aromatic heterocycles. The molecule has 3 heterocycles. The predicted molar refractivity (Wildman–Crippen MR) is 82.7 cm³/mol. The molecule has 1 unspecified atom stereocenters. The first-order chi connectivity index (χ1) is 11.2. The average molecular weight is 317 g/mol. The third kappa shape index (κ3) is 3.45. The van der Waals surface area contributed by atoms with Gasteiger partial charge in [0.05, 0.1) is 18.8 Å². The van der Waals surface area contributed by atoms with Gasteiger partial charge in [-0.3, -0.25) is 9.80 Å². The highest BCUT2D eigenvalue weighted by Gasteiger charge is 2.31. The first-order valence-electron chi connectivity index (χ1n) is 8.34. The van der Waals surface area contributed by atoms with Gasteiger partial charge in [-0.25, -0.2) is 0 Å². The van der Waals surface area contributed by atoms with E-state index < -0.39 is 0 Å². The third-order valence-corrected chi connectivity index (χ3v) is 4.73. The Hall–Kier alpha value is -1.73. The van der Waals surface area contributed by atoms with Gasteiger partial charge in [0.15, 0.2) is 11.6 Å². The van der Waals surface area contributed by atoms with Gasteiger partial charge in [0, 0.05) is 31.1 Å². The quantitative estimate of drug-likeness (QED) is 0.806. The van der Waals surface area contributed by atoms with Crippen LogP contribution in [0.4, 0.5) is 0 Å². The zero-order chi connectivity index (χ0) is 15.8. The van der Waals surface area contributed by atoms with E-state index in [1.54, 1.807) is 0 Å². The third-order valence-electron chi connectivity index (χ3n) is 4.73. The summed E-state index contributed by atoms with van der Waals surface area (Å²) in [5.41, 5.74) is 0.941. The molecule has 0 amide bonds. The van der Waals surface area contributed by atoms with Crippen LogP contribution in [0.1, 0.15) is 48.3 Å². The summed E-state index contributed by atoms with van der Waals surface area (Å²) in [6, 6.07) is 2.53. The van der Waals surface area contributed by atoms with Gasteiger partial charge in [-0.2, -0.15) is 4.98 Å². The number of hydrogen-bond acceptors (Lipinski definition) is 7. The van der Waals surface area contributed by atoms with Crippen molar-refractivity contribution in [3.05, 3.63) is 29.2 Å². The molecule has 1 aliphatic carbocycles. The van der Waals surface area contributed by atoms with Gasteiger partial charge in [-0.15, -0.1) is 0 Å². The molecule has 7 nitrogen and oxygen atoms in total. The minimum atomic E-state index is 0.516. The summed E-state index contributed by atoms with van der Waals surface area (Å²) in [4.78, 5) is 9.25. The Labute approximate surface area is 135 Å². The van der Waals surface area contributed by atoms with Crippen molar-refractivity contribution < 1.29 is 9.05 Å². The molecule has 2 aromatic rings. The largest absolute Gasteiger partial charge is 0.360 e. The first kappa shape index (κ1) is 14.8. The summed E-state index contributed by atoms with van der Waals surface area (Å²) < 4.78 is 10.6. The van der Waals surface area contributed by atoms with Gasteiger partial charge >= 0.3 is 0 Å². The molecule has 0 radical (unpaired) electrons. The maximum atomic E-state index is 5.34. The van der Waals surface area contributed by atoms with E-state index in [0.29, 0.717) is 12.0 Å². The molecule has 1 saturated carbocycles. The van der Waals surface area contributed by atoms with Gasteiger partial charge in [0.2, 0.25) is 5.89 Å². The van der Waals surface area contributed by atoms with Crippen LogP contribution in [-0.4, -0.2) is 51.3 Å². The van der Waals surface area contributed by atoms with Crippen LogP contribution in [0, 0.1) is 6.92 Å². The molecule has 2 aliphatic rings. The summed E-state index contributed by atoms with van der Waals surface area (Å²) in [6.07, 6.45) is 3.53. The fourth-order valence-electron chi connectivity index (χ4n) is 3.21. The van der Waals surface area contributed by atoms with Crippen LogP contribution in [0.15, 0.2) is 15.1 Å². The van der Waals surface area contributed by atoms with E-state index >= 15 is 0 Å². The van der Waals surface area contributed by atoms with Crippen LogP contribution in [0.2, 0.25) is 0 Å². The highest BCUT2D eigenvalue weighted by atomic mass is 16.5. The fourth-order valence-corrected chi connectivity index (χ4v) is 3.21. The van der Waals surface area contributed by atoms with E-state index in [1.807, 2.05) is 13.0 Å². The molecule has 124 valence electrons. The number of nitrogens with zero attached hydrogens (tertiary/aromatic N) is 5. The molecule has 0 N–H and O–H groups in total. The van der Waals surface area contributed by atoms with Crippen molar-refractivity contribution in [2.24, 2.45) is 0 Å². The van der Waals surface area contributed by atoms with Crippen LogP contribution in [-0.2, 0) is 13.1 Å². The second kappa shape index (κ2) is 6.05. The van der Waals surface area contributed by atoms with E-state index in [0.717, 1.165) is 55.8 Å². The minimum Gasteiger partial charge on any atom is -0.360 e. The van der Waals surface area contributed by atoms with Crippen molar-refractivity contribution >= 4 is 0 Å². The van der Waals surface area contributed by atoms with Crippen molar-refractivity contribution in [1.82, 2.24) is 25.1 Å². The Kier molecular flexibility index (Phi) is 3.90. The summed E-state index contributed by atoms with van der Waals surface area (Å²) >= 11 is 0. The summed E-state index contributed by atoms with van der Waals surface area (Å²) in [6.45, 7) is 5.64. The molecule has 1 aliphatic heterocycles. The van der Waals surface area contributed by atoms with Gasteiger partial charge in [-0.05, 0) is 33.2 Å². The van der Waals surface area contributed by atoms with Crippen LogP contribution >= 0.6 is 0 Å². The lowest BCUT2D eigenvalue weighted by atomic mass is 10.2. The maximum absolute atomic E-state index is 5.34. The first-order valence-corrected chi connectivity index (χ1v) is 8.34. The van der Waals surface area contributed by atoms with Crippen molar-refractivity contribution in [2.45, 2.75) is 51.2 Å². The van der Waals surface area contributed by atoms with Crippen molar-refractivity contribution in [3.63, 3.8) is 0 Å². The predicted octanol–water partition coefficient (Wildman–Crippen LogP) is 1.95. The topological polar surface area (TPSA) is 71.4 Å². The Bertz CT molecular complexity index is 663. The van der Waals surface area contributed by atoms with Crippen LogP contribution in [0.3, 0.4) is 0 Å². The molecule has 7 heteroatoms. The second-order valence-corrected chi connectivity index (χ2v) is 6.85. The molecule has 0 spiro atoms. The Balaban J connectivity index is 1.29. The van der Waals surface area contributed by atoms with Crippen molar-refractivity contribution in [2.75, 3.05) is 20.1 Å². The summed E-state index contributed by atoms with van der Waals surface area (Å²) in [7, 11) is 2.14. The Morgan fingerprint density at radius 1 is 1.26 bits per heavy atom. The van der Waals surface area contributed by atoms with E-state index in [4.69, 9.17) is 9.05 Å². The Morgan fingerprint density at radius 3 is 2.87 bits per heavy atom. The molecule has 4 rings (SSSR count). The number of rotatable bonds is 6. The number of likely N-dealkylation sites (N-methyl/N-ethyl adjacent to an activating group) is 1. The van der Waals surface area contributed by atoms with Crippen LogP contribution in [0.5, 0.6) is 0 Å². The van der Waals surface area contributed by atoms with E-state index in [1.165, 1.54) is 12.8 Å². The minimum absolute atomic E-state index is 0.516. The summed E-state index contributed by atoms with van der Waals surface area (Å²) in [5, 5.41) is 8.06. The fraction of sp³-hybridized carbons (Fsp3) is 0.688. The van der Waals surface area contributed by atoms with Crippen molar-refractivity contribution in [3.8, 4) is 0 Å². The zero-order valence-corrected chi connectivity index (χ0v) is 13.7. The standard InChI is InChI=1S/C16H23N5O2/c1-11-7-14(22-18-11)9-21-6-5-13(8-21)20(2)10-15-17-16(23-19-15)12-3-4-12/h7,12-13H,3-6,8-10H2,1-2H3. The van der Waals surface area contributed by atoms with Crippen LogP contribution < -0.4 is 0 Å². The van der Waals surface area contributed by atoms with E-state index in [2.05, 4.69) is 32.1 Å².